The minimum absolute atomic E-state index is 0.00133. The van der Waals surface area contributed by atoms with Crippen molar-refractivity contribution in [1.29, 1.82) is 0 Å². The number of piperazine rings is 2. The number of anilines is 3. The van der Waals surface area contributed by atoms with Crippen molar-refractivity contribution in [1.82, 2.24) is 35.4 Å². The fourth-order valence-corrected chi connectivity index (χ4v) is 11.1. The zero-order valence-corrected chi connectivity index (χ0v) is 38.1. The van der Waals surface area contributed by atoms with Gasteiger partial charge in [-0.2, -0.15) is 9.97 Å². The molecule has 2 aromatic heterocycles. The lowest BCUT2D eigenvalue weighted by molar-refractivity contribution is -0.137. The number of aromatic nitrogens is 3. The molecule has 1 aliphatic carbocycles. The molecule has 3 aromatic carbocycles. The number of benzene rings is 3. The van der Waals surface area contributed by atoms with Gasteiger partial charge in [-0.1, -0.05) is 12.0 Å². The third-order valence-electron chi connectivity index (χ3n) is 15.0. The van der Waals surface area contributed by atoms with E-state index in [2.05, 4.69) is 41.6 Å². The van der Waals surface area contributed by atoms with E-state index in [-0.39, 0.29) is 81.1 Å². The molecular weight excluding hydrogens is 890 g/mol. The van der Waals surface area contributed by atoms with E-state index in [1.807, 2.05) is 9.80 Å². The molecule has 6 aliphatic rings. The molecular formula is C51H53F3N10O5. The summed E-state index contributed by atoms with van der Waals surface area (Å²) in [6, 6.07) is 10.3. The third-order valence-corrected chi connectivity index (χ3v) is 15.0. The van der Waals surface area contributed by atoms with E-state index in [1.165, 1.54) is 36.5 Å². The Balaban J connectivity index is 0.737. The van der Waals surface area contributed by atoms with Crippen molar-refractivity contribution in [2.75, 3.05) is 80.6 Å². The number of ether oxygens (including phenoxy) is 1. The Morgan fingerprint density at radius 1 is 0.913 bits per heavy atom. The molecule has 3 atom stereocenters. The van der Waals surface area contributed by atoms with Gasteiger partial charge < -0.3 is 40.1 Å². The molecule has 1 saturated carbocycles. The van der Waals surface area contributed by atoms with E-state index >= 15 is 13.2 Å². The summed E-state index contributed by atoms with van der Waals surface area (Å²) in [5, 5.41) is 20.8. The SMILES string of the molecule is C#Cc1c(F)ccc2cc(O)cc(-c3ncc4c(N5CC6CCC(C5)N6)nc(OCC5(CN6CCC(C(=O)N7CCN(c8ccc(NC9CCC(=O)NC9=O)cc8F)CC7)CC6)CC5)nc4c3F)c12. The number of phenolic OH excluding ortho intramolecular Hbond substituents is 1. The third kappa shape index (κ3) is 8.82. The number of halogens is 3. The van der Waals surface area contributed by atoms with Crippen LogP contribution in [0, 0.1) is 41.1 Å². The molecule has 5 saturated heterocycles. The summed E-state index contributed by atoms with van der Waals surface area (Å²) in [4.78, 5) is 60.0. The molecule has 358 valence electrons. The van der Waals surface area contributed by atoms with E-state index in [0.29, 0.717) is 80.3 Å². The van der Waals surface area contributed by atoms with Gasteiger partial charge in [0, 0.05) is 98.5 Å². The van der Waals surface area contributed by atoms with Crippen LogP contribution in [0.3, 0.4) is 0 Å². The lowest BCUT2D eigenvalue weighted by Crippen LogP contribution is -2.52. The fourth-order valence-electron chi connectivity index (χ4n) is 11.1. The Kier molecular flexibility index (Phi) is 11.7. The number of aromatic hydroxyl groups is 1. The molecule has 5 aliphatic heterocycles. The van der Waals surface area contributed by atoms with Crippen LogP contribution in [-0.2, 0) is 14.4 Å². The molecule has 0 spiro atoms. The number of rotatable bonds is 11. The number of nitrogens with one attached hydrogen (secondary N) is 3. The molecule has 18 heteroatoms. The van der Waals surface area contributed by atoms with Crippen LogP contribution in [0.1, 0.15) is 56.9 Å². The predicted octanol–water partition coefficient (Wildman–Crippen LogP) is 5.33. The Labute approximate surface area is 396 Å². The maximum atomic E-state index is 17.1. The maximum Gasteiger partial charge on any atom is 0.319 e. The predicted molar refractivity (Wildman–Crippen MR) is 253 cm³/mol. The number of hydrogen-bond acceptors (Lipinski definition) is 13. The van der Waals surface area contributed by atoms with Gasteiger partial charge in [-0.25, -0.2) is 13.2 Å². The molecule has 3 amide bonds. The van der Waals surface area contributed by atoms with Crippen LogP contribution in [0.25, 0.3) is 32.9 Å². The van der Waals surface area contributed by atoms with Gasteiger partial charge in [-0.05, 0) is 99.8 Å². The van der Waals surface area contributed by atoms with Crippen molar-refractivity contribution in [2.45, 2.75) is 69.5 Å². The van der Waals surface area contributed by atoms with Crippen LogP contribution in [0.2, 0.25) is 0 Å². The largest absolute Gasteiger partial charge is 0.508 e. The van der Waals surface area contributed by atoms with Crippen LogP contribution >= 0.6 is 0 Å². The highest BCUT2D eigenvalue weighted by atomic mass is 19.1. The summed E-state index contributed by atoms with van der Waals surface area (Å²) in [5.41, 5.74) is 0.706. The Morgan fingerprint density at radius 3 is 2.39 bits per heavy atom. The number of pyridine rings is 1. The second-order valence-corrected chi connectivity index (χ2v) is 19.7. The first-order valence-electron chi connectivity index (χ1n) is 24.0. The second kappa shape index (κ2) is 18.0. The van der Waals surface area contributed by atoms with Gasteiger partial charge in [0.2, 0.25) is 17.7 Å². The quantitative estimate of drug-likeness (QED) is 0.0993. The zero-order valence-electron chi connectivity index (χ0n) is 38.1. The molecule has 6 fully saturated rings. The van der Waals surface area contributed by atoms with Crippen molar-refractivity contribution < 1.29 is 37.4 Å². The highest BCUT2D eigenvalue weighted by molar-refractivity contribution is 6.03. The van der Waals surface area contributed by atoms with Crippen LogP contribution in [0.5, 0.6) is 11.8 Å². The van der Waals surface area contributed by atoms with Crippen molar-refractivity contribution in [3.63, 3.8) is 0 Å². The van der Waals surface area contributed by atoms with Gasteiger partial charge in [-0.15, -0.1) is 6.42 Å². The van der Waals surface area contributed by atoms with E-state index in [1.54, 1.807) is 12.1 Å². The second-order valence-electron chi connectivity index (χ2n) is 19.7. The summed E-state index contributed by atoms with van der Waals surface area (Å²) in [7, 11) is 0. The fraction of sp³-hybridized carbons (Fsp3) is 0.451. The average Bonchev–Trinajstić information content (AvgIpc) is 4.03. The number of carbonyl (C=O) groups is 3. The highest BCUT2D eigenvalue weighted by Gasteiger charge is 2.46. The minimum Gasteiger partial charge on any atom is -0.508 e. The lowest BCUT2D eigenvalue weighted by Gasteiger charge is -2.40. The number of nitrogens with zero attached hydrogens (tertiary/aromatic N) is 7. The van der Waals surface area contributed by atoms with E-state index in [9.17, 15) is 19.5 Å². The molecule has 2 bridgehead atoms. The molecule has 11 rings (SSSR count). The Hall–Kier alpha value is -6.71. The number of imide groups is 1. The maximum absolute atomic E-state index is 17.1. The number of phenols is 1. The summed E-state index contributed by atoms with van der Waals surface area (Å²) in [5.74, 6) is 0.254. The van der Waals surface area contributed by atoms with Gasteiger partial charge in [0.25, 0.3) is 0 Å². The first kappa shape index (κ1) is 44.8. The van der Waals surface area contributed by atoms with Gasteiger partial charge in [0.15, 0.2) is 5.82 Å². The van der Waals surface area contributed by atoms with Gasteiger partial charge in [-0.3, -0.25) is 24.7 Å². The molecule has 69 heavy (non-hydrogen) atoms. The van der Waals surface area contributed by atoms with Gasteiger partial charge >= 0.3 is 6.01 Å². The van der Waals surface area contributed by atoms with Crippen LogP contribution < -0.4 is 30.5 Å². The van der Waals surface area contributed by atoms with E-state index in [0.717, 1.165) is 58.2 Å². The topological polar surface area (TPSA) is 168 Å². The standard InChI is InChI=1S/C51H53F3N10O5/c1-2-35-38(52)7-3-30-21-34(65)23-36(43(30)35)45-44(54)46-37(24-55-45)47(64-25-32-4-5-33(26-64)56-32)60-50(59-46)69-28-51(13-14-51)27-61-15-11-29(12-16-61)49(68)63-19-17-62(18-20-63)41-9-6-31(22-39(41)53)57-40-8-10-42(66)58-48(40)67/h1,3,6-7,9,21-24,29,32-33,40,56-57,65H,4-5,8,10-20,25-28H2,(H,58,66,67). The number of hydrogen-bond donors (Lipinski definition) is 4. The molecule has 3 unspecified atom stereocenters. The van der Waals surface area contributed by atoms with Crippen molar-refractivity contribution in [2.24, 2.45) is 11.3 Å². The smallest absolute Gasteiger partial charge is 0.319 e. The monoisotopic (exact) mass is 942 g/mol. The van der Waals surface area contributed by atoms with Gasteiger partial charge in [0.05, 0.1) is 23.2 Å². The number of amides is 3. The molecule has 4 N–H and O–H groups in total. The van der Waals surface area contributed by atoms with Gasteiger partial charge in [0.1, 0.15) is 40.5 Å². The lowest BCUT2D eigenvalue weighted by atomic mass is 9.94. The average molecular weight is 943 g/mol. The molecule has 5 aromatic rings. The van der Waals surface area contributed by atoms with Crippen molar-refractivity contribution in [3.05, 3.63) is 71.7 Å². The first-order chi connectivity index (χ1) is 33.4. The molecule has 0 radical (unpaired) electrons. The molecule has 15 nitrogen and oxygen atoms in total. The summed E-state index contributed by atoms with van der Waals surface area (Å²) in [6.07, 6.45) is 13.3. The number of carbonyl (C=O) groups excluding carboxylic acids is 3. The van der Waals surface area contributed by atoms with Crippen molar-refractivity contribution >= 4 is 56.6 Å². The highest BCUT2D eigenvalue weighted by Crippen LogP contribution is 2.47. The number of fused-ring (bicyclic) bond motifs is 4. The normalized spacial score (nSPS) is 22.8. The summed E-state index contributed by atoms with van der Waals surface area (Å²) >= 11 is 0. The van der Waals surface area contributed by atoms with Crippen molar-refractivity contribution in [3.8, 4) is 35.4 Å². The minimum atomic E-state index is -0.763. The Morgan fingerprint density at radius 2 is 1.68 bits per heavy atom. The van der Waals surface area contributed by atoms with Crippen LogP contribution in [-0.4, -0.2) is 131 Å². The van der Waals surface area contributed by atoms with Crippen LogP contribution in [0.15, 0.2) is 48.7 Å². The first-order valence-corrected chi connectivity index (χ1v) is 24.0. The van der Waals surface area contributed by atoms with E-state index < -0.39 is 29.4 Å². The number of terminal acetylenes is 1. The van der Waals surface area contributed by atoms with Crippen LogP contribution in [0.4, 0.5) is 30.4 Å². The zero-order chi connectivity index (χ0) is 47.6. The summed E-state index contributed by atoms with van der Waals surface area (Å²) in [6.45, 7) is 5.96. The number of likely N-dealkylation sites (tertiary alicyclic amines) is 1. The Bertz CT molecular complexity index is 2920. The number of piperidine rings is 2. The summed E-state index contributed by atoms with van der Waals surface area (Å²) < 4.78 is 53.9. The van der Waals surface area contributed by atoms with E-state index in [4.69, 9.17) is 16.1 Å². The molecule has 7 heterocycles.